The molecule has 7 nitrogen and oxygen atoms in total. The smallest absolute Gasteiger partial charge is 0.342 e. The van der Waals surface area contributed by atoms with Crippen LogP contribution in [0.15, 0.2) is 35.5 Å². The van der Waals surface area contributed by atoms with E-state index < -0.39 is 32.9 Å². The molecular weight excluding hydrogens is 325 g/mol. The maximum atomic E-state index is 13.7. The minimum Gasteiger partial charge on any atom is -0.462 e. The van der Waals surface area contributed by atoms with E-state index in [4.69, 9.17) is 4.74 Å². The molecule has 2 N–H and O–H groups in total. The number of hydrogen-bond acceptors (Lipinski definition) is 5. The lowest BCUT2D eigenvalue weighted by Gasteiger charge is -2.15. The summed E-state index contributed by atoms with van der Waals surface area (Å²) < 4.78 is 45.6. The number of halogens is 1. The van der Waals surface area contributed by atoms with Crippen molar-refractivity contribution in [2.24, 2.45) is 0 Å². The van der Waals surface area contributed by atoms with Crippen molar-refractivity contribution in [1.82, 2.24) is 14.9 Å². The Kier molecular flexibility index (Phi) is 5.12. The molecule has 1 heterocycles. The van der Waals surface area contributed by atoms with E-state index in [1.165, 1.54) is 25.1 Å². The molecular formula is C14H16FN3O4S. The Labute approximate surface area is 132 Å². The summed E-state index contributed by atoms with van der Waals surface area (Å²) in [5.41, 5.74) is -0.0200. The average Bonchev–Trinajstić information content (AvgIpc) is 2.98. The summed E-state index contributed by atoms with van der Waals surface area (Å²) in [6.45, 7) is 3.20. The highest BCUT2D eigenvalue weighted by molar-refractivity contribution is 7.89. The molecule has 0 aliphatic carbocycles. The van der Waals surface area contributed by atoms with E-state index in [0.717, 1.165) is 6.20 Å². The van der Waals surface area contributed by atoms with Gasteiger partial charge in [0.25, 0.3) is 10.0 Å². The van der Waals surface area contributed by atoms with Gasteiger partial charge in [-0.05, 0) is 19.9 Å². The van der Waals surface area contributed by atoms with Crippen LogP contribution in [0.2, 0.25) is 0 Å². The molecule has 0 saturated carbocycles. The molecule has 1 atom stereocenters. The highest BCUT2D eigenvalue weighted by atomic mass is 32.2. The molecule has 0 amide bonds. The molecule has 23 heavy (non-hydrogen) atoms. The van der Waals surface area contributed by atoms with Crippen LogP contribution in [0.3, 0.4) is 0 Å². The number of carbonyl (C=O) groups is 1. The van der Waals surface area contributed by atoms with E-state index in [0.29, 0.717) is 0 Å². The topological polar surface area (TPSA) is 101 Å². The van der Waals surface area contributed by atoms with E-state index in [1.807, 2.05) is 0 Å². The number of hydrogen-bond donors (Lipinski definition) is 2. The minimum atomic E-state index is -4.11. The summed E-state index contributed by atoms with van der Waals surface area (Å²) in [4.78, 5) is 11.7. The molecule has 1 unspecified atom stereocenters. The number of esters is 1. The Bertz CT molecular complexity index is 804. The zero-order valence-corrected chi connectivity index (χ0v) is 13.4. The molecule has 0 fully saturated rings. The number of aromatic nitrogens is 2. The van der Waals surface area contributed by atoms with Gasteiger partial charge in [-0.15, -0.1) is 0 Å². The number of rotatable bonds is 6. The van der Waals surface area contributed by atoms with Gasteiger partial charge in [0.2, 0.25) is 0 Å². The van der Waals surface area contributed by atoms with Crippen molar-refractivity contribution < 1.29 is 22.3 Å². The fourth-order valence-electron chi connectivity index (χ4n) is 2.01. The Morgan fingerprint density at radius 1 is 1.43 bits per heavy atom. The van der Waals surface area contributed by atoms with Crippen LogP contribution < -0.4 is 4.72 Å². The molecule has 0 saturated heterocycles. The molecule has 9 heteroatoms. The first-order valence-electron chi connectivity index (χ1n) is 6.84. The normalized spacial score (nSPS) is 12.8. The van der Waals surface area contributed by atoms with Crippen LogP contribution in [0.4, 0.5) is 4.39 Å². The van der Waals surface area contributed by atoms with E-state index in [1.54, 1.807) is 13.0 Å². The second-order valence-electron chi connectivity index (χ2n) is 4.70. The summed E-state index contributed by atoms with van der Waals surface area (Å²) >= 11 is 0. The monoisotopic (exact) mass is 341 g/mol. The van der Waals surface area contributed by atoms with Gasteiger partial charge < -0.3 is 4.74 Å². The zero-order chi connectivity index (χ0) is 17.0. The van der Waals surface area contributed by atoms with Gasteiger partial charge in [-0.3, -0.25) is 5.10 Å². The van der Waals surface area contributed by atoms with Crippen LogP contribution in [-0.2, 0) is 14.8 Å². The van der Waals surface area contributed by atoms with Crippen molar-refractivity contribution in [2.75, 3.05) is 6.61 Å². The van der Waals surface area contributed by atoms with Crippen molar-refractivity contribution in [3.63, 3.8) is 0 Å². The first-order valence-corrected chi connectivity index (χ1v) is 8.32. The molecule has 2 rings (SSSR count). The SMILES string of the molecule is CCOC(=O)c1cn[nH]c1S(=O)(=O)NC(C)c1ccccc1F. The van der Waals surface area contributed by atoms with Crippen LogP contribution in [0, 0.1) is 5.82 Å². The number of carbonyl (C=O) groups excluding carboxylic acids is 1. The molecule has 124 valence electrons. The lowest BCUT2D eigenvalue weighted by molar-refractivity contribution is 0.0522. The number of sulfonamides is 1. The maximum Gasteiger partial charge on any atom is 0.342 e. The number of nitrogens with one attached hydrogen (secondary N) is 2. The number of H-pyrrole nitrogens is 1. The fourth-order valence-corrected chi connectivity index (χ4v) is 3.32. The third-order valence-corrected chi connectivity index (χ3v) is 4.58. The lowest BCUT2D eigenvalue weighted by atomic mass is 10.1. The van der Waals surface area contributed by atoms with Gasteiger partial charge in [0.05, 0.1) is 12.8 Å². The summed E-state index contributed by atoms with van der Waals surface area (Å²) in [6.07, 6.45) is 1.07. The quantitative estimate of drug-likeness (QED) is 0.780. The fraction of sp³-hybridized carbons (Fsp3) is 0.286. The highest BCUT2D eigenvalue weighted by Crippen LogP contribution is 2.20. The van der Waals surface area contributed by atoms with Crippen LogP contribution in [0.25, 0.3) is 0 Å². The predicted molar refractivity (Wildman–Crippen MR) is 79.7 cm³/mol. The van der Waals surface area contributed by atoms with Crippen molar-refractivity contribution >= 4 is 16.0 Å². The van der Waals surface area contributed by atoms with Crippen LogP contribution in [-0.4, -0.2) is 31.2 Å². The highest BCUT2D eigenvalue weighted by Gasteiger charge is 2.28. The van der Waals surface area contributed by atoms with Gasteiger partial charge in [-0.2, -0.15) is 5.10 Å². The maximum absolute atomic E-state index is 13.7. The van der Waals surface area contributed by atoms with Gasteiger partial charge in [0, 0.05) is 11.6 Å². The molecule has 0 spiro atoms. The van der Waals surface area contributed by atoms with Crippen LogP contribution >= 0.6 is 0 Å². The van der Waals surface area contributed by atoms with Crippen molar-refractivity contribution in [3.8, 4) is 0 Å². The molecule has 2 aromatic rings. The molecule has 1 aromatic carbocycles. The molecule has 1 aromatic heterocycles. The summed E-state index contributed by atoms with van der Waals surface area (Å²) in [7, 11) is -4.11. The largest absolute Gasteiger partial charge is 0.462 e. The zero-order valence-electron chi connectivity index (χ0n) is 12.5. The predicted octanol–water partition coefficient (Wildman–Crippen LogP) is 1.76. The standard InChI is InChI=1S/C14H16FN3O4S/c1-3-22-14(19)11-8-16-17-13(11)23(20,21)18-9(2)10-6-4-5-7-12(10)15/h4-9,18H,3H2,1-2H3,(H,16,17). The van der Waals surface area contributed by atoms with E-state index in [-0.39, 0.29) is 17.7 Å². The van der Waals surface area contributed by atoms with Crippen LogP contribution in [0.1, 0.15) is 35.8 Å². The first-order chi connectivity index (χ1) is 10.9. The van der Waals surface area contributed by atoms with Gasteiger partial charge in [-0.25, -0.2) is 22.3 Å². The number of ether oxygens (including phenoxy) is 1. The van der Waals surface area contributed by atoms with Gasteiger partial charge >= 0.3 is 5.97 Å². The number of aromatic amines is 1. The van der Waals surface area contributed by atoms with E-state index >= 15 is 0 Å². The van der Waals surface area contributed by atoms with Gasteiger partial charge in [0.1, 0.15) is 11.4 Å². The van der Waals surface area contributed by atoms with E-state index in [9.17, 15) is 17.6 Å². The second kappa shape index (κ2) is 6.88. The summed E-state index contributed by atoms with van der Waals surface area (Å²) in [5.74, 6) is -1.34. The Morgan fingerprint density at radius 3 is 2.78 bits per heavy atom. The molecule has 0 radical (unpaired) electrons. The number of nitrogens with zero attached hydrogens (tertiary/aromatic N) is 1. The third kappa shape index (κ3) is 3.74. The minimum absolute atomic E-state index is 0.0998. The van der Waals surface area contributed by atoms with Crippen molar-refractivity contribution in [2.45, 2.75) is 24.9 Å². The van der Waals surface area contributed by atoms with Crippen molar-refractivity contribution in [3.05, 3.63) is 47.4 Å². The summed E-state index contributed by atoms with van der Waals surface area (Å²) in [5, 5.41) is 5.41. The lowest BCUT2D eigenvalue weighted by Crippen LogP contribution is -2.29. The number of benzene rings is 1. The Balaban J connectivity index is 2.28. The Hall–Kier alpha value is -2.26. The molecule has 0 bridgehead atoms. The second-order valence-corrected chi connectivity index (χ2v) is 6.35. The Morgan fingerprint density at radius 2 is 2.13 bits per heavy atom. The molecule has 0 aliphatic heterocycles. The summed E-state index contributed by atoms with van der Waals surface area (Å²) in [6, 6.07) is 4.99. The molecule has 0 aliphatic rings. The van der Waals surface area contributed by atoms with Gasteiger partial charge in [-0.1, -0.05) is 18.2 Å². The van der Waals surface area contributed by atoms with E-state index in [2.05, 4.69) is 14.9 Å². The van der Waals surface area contributed by atoms with Gasteiger partial charge in [0.15, 0.2) is 5.03 Å². The van der Waals surface area contributed by atoms with Crippen molar-refractivity contribution in [1.29, 1.82) is 0 Å². The van der Waals surface area contributed by atoms with Crippen LogP contribution in [0.5, 0.6) is 0 Å². The average molecular weight is 341 g/mol. The first kappa shape index (κ1) is 17.1. The third-order valence-electron chi connectivity index (χ3n) is 3.07.